The average Bonchev–Trinajstić information content (AvgIpc) is 3.04. The molecule has 1 saturated carbocycles. The molecule has 1 saturated heterocycles. The molecule has 0 radical (unpaired) electrons. The Morgan fingerprint density at radius 1 is 1.13 bits per heavy atom. The van der Waals surface area contributed by atoms with Crippen LogP contribution < -0.4 is 0 Å². The van der Waals surface area contributed by atoms with E-state index in [1.54, 1.807) is 0 Å². The van der Waals surface area contributed by atoms with Gasteiger partial charge in [-0.15, -0.1) is 0 Å². The predicted octanol–water partition coefficient (Wildman–Crippen LogP) is 4.10. The largest absolute Gasteiger partial charge is 0.341 e. The smallest absolute Gasteiger partial charge is 0.239 e. The number of carbonyl (C=O) groups excluding carboxylic acids is 1. The summed E-state index contributed by atoms with van der Waals surface area (Å²) < 4.78 is 0. The maximum atomic E-state index is 13.0. The van der Waals surface area contributed by atoms with Crippen LogP contribution in [0.25, 0.3) is 0 Å². The van der Waals surface area contributed by atoms with E-state index in [1.165, 1.54) is 37.7 Å². The maximum absolute atomic E-state index is 13.0. The molecule has 126 valence electrons. The van der Waals surface area contributed by atoms with Crippen LogP contribution in [-0.2, 0) is 11.3 Å². The van der Waals surface area contributed by atoms with Crippen LogP contribution in [0.2, 0.25) is 5.02 Å². The zero-order chi connectivity index (χ0) is 16.2. The van der Waals surface area contributed by atoms with E-state index in [9.17, 15) is 4.79 Å². The zero-order valence-corrected chi connectivity index (χ0v) is 14.8. The number of likely N-dealkylation sites (tertiary alicyclic amines) is 1. The molecule has 4 heteroatoms. The second-order valence-electron chi connectivity index (χ2n) is 7.00. The maximum Gasteiger partial charge on any atom is 0.239 e. The molecule has 1 aliphatic heterocycles. The molecule has 0 N–H and O–H groups in total. The van der Waals surface area contributed by atoms with Crippen molar-refractivity contribution in [3.63, 3.8) is 0 Å². The minimum Gasteiger partial charge on any atom is -0.341 e. The molecular weight excluding hydrogens is 308 g/mol. The Balaban J connectivity index is 1.63. The highest BCUT2D eigenvalue weighted by molar-refractivity contribution is 6.30. The monoisotopic (exact) mass is 334 g/mol. The van der Waals surface area contributed by atoms with Gasteiger partial charge in [-0.25, -0.2) is 0 Å². The van der Waals surface area contributed by atoms with Crippen molar-refractivity contribution in [1.82, 2.24) is 9.80 Å². The Morgan fingerprint density at radius 2 is 1.83 bits per heavy atom. The highest BCUT2D eigenvalue weighted by Crippen LogP contribution is 2.26. The molecular formula is C19H27ClN2O. The average molecular weight is 335 g/mol. The molecule has 3 rings (SSSR count). The lowest BCUT2D eigenvalue weighted by Gasteiger charge is -2.35. The van der Waals surface area contributed by atoms with Gasteiger partial charge in [-0.2, -0.15) is 0 Å². The summed E-state index contributed by atoms with van der Waals surface area (Å²) in [5.74, 6) is 0.323. The fraction of sp³-hybridized carbons (Fsp3) is 0.632. The quantitative estimate of drug-likeness (QED) is 0.827. The third-order valence-electron chi connectivity index (χ3n) is 5.42. The van der Waals surface area contributed by atoms with Crippen LogP contribution in [0.4, 0.5) is 0 Å². The third-order valence-corrected chi connectivity index (χ3v) is 5.67. The molecule has 0 aromatic heterocycles. The predicted molar refractivity (Wildman–Crippen MR) is 94.5 cm³/mol. The second kappa shape index (κ2) is 7.67. The van der Waals surface area contributed by atoms with Crippen LogP contribution in [0.3, 0.4) is 0 Å². The summed E-state index contributed by atoms with van der Waals surface area (Å²) in [5.41, 5.74) is 1.23. The van der Waals surface area contributed by atoms with Gasteiger partial charge in [0.2, 0.25) is 5.91 Å². The van der Waals surface area contributed by atoms with E-state index in [1.807, 2.05) is 24.1 Å². The van der Waals surface area contributed by atoms with Crippen LogP contribution in [-0.4, -0.2) is 41.4 Å². The van der Waals surface area contributed by atoms with Gasteiger partial charge in [0.1, 0.15) is 0 Å². The van der Waals surface area contributed by atoms with Gasteiger partial charge in [0, 0.05) is 24.7 Å². The van der Waals surface area contributed by atoms with Gasteiger partial charge in [0.25, 0.3) is 0 Å². The summed E-state index contributed by atoms with van der Waals surface area (Å²) in [7, 11) is 2.01. The van der Waals surface area contributed by atoms with Gasteiger partial charge in [0.15, 0.2) is 0 Å². The lowest BCUT2D eigenvalue weighted by Crippen LogP contribution is -2.48. The number of nitrogens with zero attached hydrogens (tertiary/aromatic N) is 2. The summed E-state index contributed by atoms with van der Waals surface area (Å²) in [6.07, 6.45) is 8.30. The SMILES string of the molecule is CN(C(=O)[C@H]1CCCN1Cc1ccc(Cl)cc1)C1CCCCC1. The summed E-state index contributed by atoms with van der Waals surface area (Å²) in [6.45, 7) is 1.85. The number of carbonyl (C=O) groups is 1. The normalized spacial score (nSPS) is 23.1. The molecule has 0 bridgehead atoms. The third kappa shape index (κ3) is 4.07. The number of amides is 1. The Hall–Kier alpha value is -1.06. The molecule has 0 spiro atoms. The lowest BCUT2D eigenvalue weighted by atomic mass is 9.94. The number of likely N-dealkylation sites (N-methyl/N-ethyl adjacent to an activating group) is 1. The summed E-state index contributed by atoms with van der Waals surface area (Å²) >= 11 is 5.96. The Bertz CT molecular complexity index is 525. The van der Waals surface area contributed by atoms with Crippen LogP contribution in [0.15, 0.2) is 24.3 Å². The Kier molecular flexibility index (Phi) is 5.60. The molecule has 1 aromatic carbocycles. The first kappa shape index (κ1) is 16.8. The minimum absolute atomic E-state index is 0.0533. The van der Waals surface area contributed by atoms with Crippen molar-refractivity contribution < 1.29 is 4.79 Å². The number of benzene rings is 1. The minimum atomic E-state index is 0.0533. The summed E-state index contributed by atoms with van der Waals surface area (Å²) in [5, 5.41) is 0.764. The molecule has 1 heterocycles. The zero-order valence-electron chi connectivity index (χ0n) is 14.0. The molecule has 1 aliphatic carbocycles. The van der Waals surface area contributed by atoms with E-state index >= 15 is 0 Å². The van der Waals surface area contributed by atoms with Gasteiger partial charge in [0.05, 0.1) is 6.04 Å². The van der Waals surface area contributed by atoms with Crippen molar-refractivity contribution in [2.24, 2.45) is 0 Å². The van der Waals surface area contributed by atoms with Crippen LogP contribution >= 0.6 is 11.6 Å². The van der Waals surface area contributed by atoms with Crippen LogP contribution in [0.1, 0.15) is 50.5 Å². The van der Waals surface area contributed by atoms with Crippen molar-refractivity contribution in [2.75, 3.05) is 13.6 Å². The Morgan fingerprint density at radius 3 is 2.52 bits per heavy atom. The van der Waals surface area contributed by atoms with Crippen LogP contribution in [0, 0.1) is 0 Å². The van der Waals surface area contributed by atoms with E-state index in [0.29, 0.717) is 11.9 Å². The highest BCUT2D eigenvalue weighted by atomic mass is 35.5. The lowest BCUT2D eigenvalue weighted by molar-refractivity contribution is -0.137. The van der Waals surface area contributed by atoms with Gasteiger partial charge in [-0.3, -0.25) is 9.69 Å². The number of hydrogen-bond acceptors (Lipinski definition) is 2. The second-order valence-corrected chi connectivity index (χ2v) is 7.43. The van der Waals surface area contributed by atoms with E-state index in [4.69, 9.17) is 11.6 Å². The molecule has 1 atom stereocenters. The van der Waals surface area contributed by atoms with Crippen molar-refractivity contribution in [3.8, 4) is 0 Å². The summed E-state index contributed by atoms with van der Waals surface area (Å²) in [4.78, 5) is 17.3. The first-order chi connectivity index (χ1) is 11.1. The number of rotatable bonds is 4. The van der Waals surface area contributed by atoms with E-state index in [0.717, 1.165) is 31.0 Å². The van der Waals surface area contributed by atoms with Crippen molar-refractivity contribution in [2.45, 2.75) is 63.6 Å². The van der Waals surface area contributed by atoms with Crippen molar-refractivity contribution >= 4 is 17.5 Å². The first-order valence-corrected chi connectivity index (χ1v) is 9.28. The highest BCUT2D eigenvalue weighted by Gasteiger charge is 2.34. The molecule has 2 aliphatic rings. The van der Waals surface area contributed by atoms with Crippen molar-refractivity contribution in [1.29, 1.82) is 0 Å². The van der Waals surface area contributed by atoms with Gasteiger partial charge in [-0.05, 0) is 49.9 Å². The molecule has 2 fully saturated rings. The van der Waals surface area contributed by atoms with E-state index in [2.05, 4.69) is 17.0 Å². The number of hydrogen-bond donors (Lipinski definition) is 0. The molecule has 1 amide bonds. The summed E-state index contributed by atoms with van der Waals surface area (Å²) in [6, 6.07) is 8.49. The topological polar surface area (TPSA) is 23.6 Å². The van der Waals surface area contributed by atoms with Gasteiger partial charge in [-0.1, -0.05) is 43.0 Å². The van der Waals surface area contributed by atoms with E-state index < -0.39 is 0 Å². The fourth-order valence-corrected chi connectivity index (χ4v) is 4.13. The van der Waals surface area contributed by atoms with Gasteiger partial charge < -0.3 is 4.90 Å². The first-order valence-electron chi connectivity index (χ1n) is 8.90. The molecule has 1 aromatic rings. The Labute approximate surface area is 144 Å². The van der Waals surface area contributed by atoms with Crippen molar-refractivity contribution in [3.05, 3.63) is 34.9 Å². The fourth-order valence-electron chi connectivity index (χ4n) is 4.00. The number of halogens is 1. The molecule has 3 nitrogen and oxygen atoms in total. The van der Waals surface area contributed by atoms with E-state index in [-0.39, 0.29) is 6.04 Å². The molecule has 0 unspecified atom stereocenters. The standard InChI is InChI=1S/C19H27ClN2O/c1-21(17-6-3-2-4-7-17)19(23)18-8-5-13-22(18)14-15-9-11-16(20)12-10-15/h9-12,17-18H,2-8,13-14H2,1H3/t18-/m1/s1. The molecule has 23 heavy (non-hydrogen) atoms. The van der Waals surface area contributed by atoms with Gasteiger partial charge >= 0.3 is 0 Å². The van der Waals surface area contributed by atoms with Crippen LogP contribution in [0.5, 0.6) is 0 Å².